The van der Waals surface area contributed by atoms with Gasteiger partial charge in [0.1, 0.15) is 5.82 Å². The first-order valence-corrected chi connectivity index (χ1v) is 8.48. The van der Waals surface area contributed by atoms with Crippen molar-refractivity contribution in [1.82, 2.24) is 4.98 Å². The third-order valence-corrected chi connectivity index (χ3v) is 4.70. The Morgan fingerprint density at radius 2 is 1.92 bits per heavy atom. The normalized spacial score (nSPS) is 11.2. The fourth-order valence-electron chi connectivity index (χ4n) is 2.38. The highest BCUT2D eigenvalue weighted by Crippen LogP contribution is 2.28. The fourth-order valence-corrected chi connectivity index (χ4v) is 3.13. The molecule has 0 saturated carbocycles. The summed E-state index contributed by atoms with van der Waals surface area (Å²) in [4.78, 5) is 4.66. The summed E-state index contributed by atoms with van der Waals surface area (Å²) in [6, 6.07) is 12.8. The molecule has 3 rings (SSSR count). The Hall–Kier alpha value is -2.53. The van der Waals surface area contributed by atoms with Gasteiger partial charge in [0.25, 0.3) is 0 Å². The summed E-state index contributed by atoms with van der Waals surface area (Å²) >= 11 is 1.54. The smallest absolute Gasteiger partial charge is 0.206 e. The van der Waals surface area contributed by atoms with Gasteiger partial charge in [0.2, 0.25) is 5.13 Å². The zero-order chi connectivity index (χ0) is 17.1. The molecule has 0 aliphatic carbocycles. The average Bonchev–Trinajstić information content (AvgIpc) is 3.04. The summed E-state index contributed by atoms with van der Waals surface area (Å²) in [5.74, 6) is -0.235. The van der Waals surface area contributed by atoms with Crippen molar-refractivity contribution in [2.45, 2.75) is 13.8 Å². The van der Waals surface area contributed by atoms with Gasteiger partial charge in [-0.15, -0.1) is 11.3 Å². The van der Waals surface area contributed by atoms with Gasteiger partial charge in [0.15, 0.2) is 0 Å². The second kappa shape index (κ2) is 6.93. The molecule has 0 N–H and O–H groups in total. The minimum atomic E-state index is -0.235. The van der Waals surface area contributed by atoms with Crippen molar-refractivity contribution in [3.8, 4) is 11.3 Å². The Labute approximate surface area is 145 Å². The molecular weight excluding hydrogens is 321 g/mol. The minimum absolute atomic E-state index is 0.235. The number of benzene rings is 2. The molecule has 0 aliphatic rings. The number of rotatable bonds is 4. The van der Waals surface area contributed by atoms with E-state index in [2.05, 4.69) is 29.1 Å². The maximum absolute atomic E-state index is 13.1. The Kier molecular flexibility index (Phi) is 4.71. The molecule has 24 heavy (non-hydrogen) atoms. The number of hydrazone groups is 1. The molecule has 0 saturated heterocycles. The number of hydrogen-bond acceptors (Lipinski definition) is 4. The van der Waals surface area contributed by atoms with E-state index in [1.165, 1.54) is 17.7 Å². The molecule has 0 spiro atoms. The van der Waals surface area contributed by atoms with Crippen LogP contribution in [0.3, 0.4) is 0 Å². The first-order chi connectivity index (χ1) is 11.5. The summed E-state index contributed by atoms with van der Waals surface area (Å²) in [5.41, 5.74) is 5.02. The van der Waals surface area contributed by atoms with Crippen molar-refractivity contribution in [2.24, 2.45) is 5.10 Å². The largest absolute Gasteiger partial charge is 0.242 e. The standard InChI is InChI=1S/C19H18FN3S/c1-13-6-4-5-7-17(13)18-12-24-19(22-18)23(3)21-11-15-8-9-16(20)10-14(15)2/h4-12H,1-3H3/b21-11+. The number of hydrogen-bond donors (Lipinski definition) is 0. The van der Waals surface area contributed by atoms with Gasteiger partial charge in [-0.1, -0.05) is 30.3 Å². The highest BCUT2D eigenvalue weighted by molar-refractivity contribution is 7.14. The molecule has 0 radical (unpaired) electrons. The van der Waals surface area contributed by atoms with Crippen molar-refractivity contribution < 1.29 is 4.39 Å². The van der Waals surface area contributed by atoms with Gasteiger partial charge in [-0.3, -0.25) is 0 Å². The molecule has 1 heterocycles. The molecule has 1 aromatic heterocycles. The van der Waals surface area contributed by atoms with E-state index >= 15 is 0 Å². The Morgan fingerprint density at radius 1 is 1.12 bits per heavy atom. The first-order valence-electron chi connectivity index (χ1n) is 7.60. The summed E-state index contributed by atoms with van der Waals surface area (Å²) in [5, 5.41) is 8.99. The molecule has 0 unspecified atom stereocenters. The van der Waals surface area contributed by atoms with Crippen LogP contribution < -0.4 is 5.01 Å². The maximum atomic E-state index is 13.1. The second-order valence-electron chi connectivity index (χ2n) is 5.60. The molecule has 0 aliphatic heterocycles. The van der Waals surface area contributed by atoms with Gasteiger partial charge in [-0.05, 0) is 42.7 Å². The second-order valence-corrected chi connectivity index (χ2v) is 6.44. The Bertz CT molecular complexity index is 886. The Morgan fingerprint density at radius 3 is 2.67 bits per heavy atom. The van der Waals surface area contributed by atoms with Crippen molar-refractivity contribution in [3.63, 3.8) is 0 Å². The van der Waals surface area contributed by atoms with Crippen LogP contribution in [0.1, 0.15) is 16.7 Å². The molecule has 0 atom stereocenters. The lowest BCUT2D eigenvalue weighted by atomic mass is 10.1. The number of halogens is 1. The maximum Gasteiger partial charge on any atom is 0.206 e. The van der Waals surface area contributed by atoms with Crippen LogP contribution in [0.2, 0.25) is 0 Å². The number of aryl methyl sites for hydroxylation is 2. The predicted molar refractivity (Wildman–Crippen MR) is 99.4 cm³/mol. The van der Waals surface area contributed by atoms with E-state index in [0.29, 0.717) is 0 Å². The lowest BCUT2D eigenvalue weighted by Crippen LogP contribution is -2.08. The summed E-state index contributed by atoms with van der Waals surface area (Å²) in [6.45, 7) is 3.94. The van der Waals surface area contributed by atoms with Gasteiger partial charge in [0.05, 0.1) is 11.9 Å². The van der Waals surface area contributed by atoms with E-state index in [-0.39, 0.29) is 5.82 Å². The van der Waals surface area contributed by atoms with Gasteiger partial charge in [-0.25, -0.2) is 14.4 Å². The average molecular weight is 339 g/mol. The van der Waals surface area contributed by atoms with Gasteiger partial charge in [0, 0.05) is 18.0 Å². The quantitative estimate of drug-likeness (QED) is 0.492. The van der Waals surface area contributed by atoms with E-state index in [4.69, 9.17) is 0 Å². The summed E-state index contributed by atoms with van der Waals surface area (Å²) in [7, 11) is 1.86. The highest BCUT2D eigenvalue weighted by atomic mass is 32.1. The van der Waals surface area contributed by atoms with Crippen molar-refractivity contribution >= 4 is 22.7 Å². The molecule has 0 amide bonds. The topological polar surface area (TPSA) is 28.5 Å². The zero-order valence-corrected chi connectivity index (χ0v) is 14.6. The third kappa shape index (κ3) is 3.51. The summed E-state index contributed by atoms with van der Waals surface area (Å²) in [6.07, 6.45) is 1.73. The van der Waals surface area contributed by atoms with E-state index in [1.807, 2.05) is 31.5 Å². The lowest BCUT2D eigenvalue weighted by Gasteiger charge is -2.08. The van der Waals surface area contributed by atoms with Gasteiger partial charge in [-0.2, -0.15) is 5.10 Å². The van der Waals surface area contributed by atoms with Crippen LogP contribution in [0.5, 0.6) is 0 Å². The highest BCUT2D eigenvalue weighted by Gasteiger charge is 2.09. The van der Waals surface area contributed by atoms with Crippen LogP contribution in [0.15, 0.2) is 52.9 Å². The van der Waals surface area contributed by atoms with Crippen molar-refractivity contribution in [2.75, 3.05) is 12.1 Å². The van der Waals surface area contributed by atoms with Crippen LogP contribution in [0, 0.1) is 19.7 Å². The number of aromatic nitrogens is 1. The van der Waals surface area contributed by atoms with E-state index in [9.17, 15) is 4.39 Å². The summed E-state index contributed by atoms with van der Waals surface area (Å²) < 4.78 is 13.1. The molecule has 122 valence electrons. The number of nitrogens with zero attached hydrogens (tertiary/aromatic N) is 3. The van der Waals surface area contributed by atoms with Gasteiger partial charge < -0.3 is 0 Å². The van der Waals surface area contributed by atoms with E-state index in [0.717, 1.165) is 27.5 Å². The predicted octanol–water partition coefficient (Wildman–Crippen LogP) is 5.04. The third-order valence-electron chi connectivity index (χ3n) is 3.79. The molecule has 3 nitrogen and oxygen atoms in total. The zero-order valence-electron chi connectivity index (χ0n) is 13.8. The molecule has 0 bridgehead atoms. The van der Waals surface area contributed by atoms with Crippen LogP contribution >= 0.6 is 11.3 Å². The molecular formula is C19H18FN3S. The van der Waals surface area contributed by atoms with Crippen molar-refractivity contribution in [3.05, 3.63) is 70.4 Å². The molecule has 5 heteroatoms. The molecule has 3 aromatic rings. The fraction of sp³-hybridized carbons (Fsp3) is 0.158. The molecule has 0 fully saturated rings. The van der Waals surface area contributed by atoms with E-state index in [1.54, 1.807) is 28.6 Å². The van der Waals surface area contributed by atoms with Crippen LogP contribution in [-0.2, 0) is 0 Å². The first kappa shape index (κ1) is 16.3. The minimum Gasteiger partial charge on any atom is -0.242 e. The SMILES string of the molecule is Cc1cc(F)ccc1/C=N/N(C)c1nc(-c2ccccc2C)cs1. The van der Waals surface area contributed by atoms with Crippen LogP contribution in [0.4, 0.5) is 9.52 Å². The monoisotopic (exact) mass is 339 g/mol. The van der Waals surface area contributed by atoms with Gasteiger partial charge >= 0.3 is 0 Å². The van der Waals surface area contributed by atoms with Crippen LogP contribution in [0.25, 0.3) is 11.3 Å². The number of thiazole rings is 1. The Balaban J connectivity index is 1.80. The number of anilines is 1. The molecule has 2 aromatic carbocycles. The van der Waals surface area contributed by atoms with Crippen molar-refractivity contribution in [1.29, 1.82) is 0 Å². The lowest BCUT2D eigenvalue weighted by molar-refractivity contribution is 0.626. The van der Waals surface area contributed by atoms with E-state index < -0.39 is 0 Å². The van der Waals surface area contributed by atoms with Crippen LogP contribution in [-0.4, -0.2) is 18.2 Å².